The number of fused-ring (bicyclic) bond motifs is 1. The molecule has 0 radical (unpaired) electrons. The zero-order valence-electron chi connectivity index (χ0n) is 14.0. The smallest absolute Gasteiger partial charge is 0.343 e. The minimum atomic E-state index is -1.35. The van der Waals surface area contributed by atoms with Crippen LogP contribution in [0.25, 0.3) is 22.3 Å². The molecule has 0 saturated heterocycles. The number of aryl methyl sites for hydroxylation is 1. The zero-order chi connectivity index (χ0) is 18.1. The van der Waals surface area contributed by atoms with Crippen molar-refractivity contribution in [3.8, 4) is 22.8 Å². The molecule has 0 fully saturated rings. The highest BCUT2D eigenvalue weighted by Crippen LogP contribution is 2.34. The lowest BCUT2D eigenvalue weighted by Crippen LogP contribution is -2.16. The maximum Gasteiger partial charge on any atom is 0.343 e. The summed E-state index contributed by atoms with van der Waals surface area (Å²) in [6.45, 7) is 1.80. The van der Waals surface area contributed by atoms with Crippen molar-refractivity contribution in [2.24, 2.45) is 0 Å². The van der Waals surface area contributed by atoms with E-state index in [9.17, 15) is 14.7 Å². The normalized spacial score (nSPS) is 10.7. The fourth-order valence-corrected chi connectivity index (χ4v) is 2.73. The molecule has 1 heterocycles. The van der Waals surface area contributed by atoms with Crippen molar-refractivity contribution in [1.29, 1.82) is 0 Å². The van der Waals surface area contributed by atoms with Crippen LogP contribution < -0.4 is 14.9 Å². The van der Waals surface area contributed by atoms with Gasteiger partial charge in [-0.1, -0.05) is 12.1 Å². The summed E-state index contributed by atoms with van der Waals surface area (Å²) in [6.07, 6.45) is 0. The maximum atomic E-state index is 12.7. The maximum absolute atomic E-state index is 12.7. The molecule has 0 amide bonds. The van der Waals surface area contributed by atoms with Crippen LogP contribution in [0.2, 0.25) is 0 Å². The number of carbonyl (C=O) groups is 1. The highest BCUT2D eigenvalue weighted by Gasteiger charge is 2.23. The molecule has 6 heteroatoms. The average molecular weight is 340 g/mol. The number of methoxy groups -OCH3 is 2. The number of ether oxygens (including phenoxy) is 2. The largest absolute Gasteiger partial charge is 0.493 e. The minimum absolute atomic E-state index is 0.0137. The Labute approximate surface area is 143 Å². The second-order valence-corrected chi connectivity index (χ2v) is 5.46. The summed E-state index contributed by atoms with van der Waals surface area (Å²) in [5.74, 6) is -0.464. The van der Waals surface area contributed by atoms with Gasteiger partial charge in [0.05, 0.1) is 19.6 Å². The molecule has 0 aliphatic carbocycles. The van der Waals surface area contributed by atoms with Gasteiger partial charge in [0.15, 0.2) is 22.8 Å². The molecule has 0 bridgehead atoms. The molecule has 3 aromatic rings. The van der Waals surface area contributed by atoms with Gasteiger partial charge < -0.3 is 19.0 Å². The van der Waals surface area contributed by atoms with Gasteiger partial charge in [-0.3, -0.25) is 4.79 Å². The van der Waals surface area contributed by atoms with E-state index in [4.69, 9.17) is 13.9 Å². The number of aromatic carboxylic acids is 1. The van der Waals surface area contributed by atoms with Gasteiger partial charge in [0.1, 0.15) is 5.58 Å². The monoisotopic (exact) mass is 340 g/mol. The molecule has 2 aromatic carbocycles. The molecule has 1 N–H and O–H groups in total. The van der Waals surface area contributed by atoms with Crippen LogP contribution in [0.5, 0.6) is 11.5 Å². The Morgan fingerprint density at radius 3 is 2.44 bits per heavy atom. The molecule has 3 rings (SSSR count). The lowest BCUT2D eigenvalue weighted by Gasteiger charge is -2.12. The number of carboxylic acid groups (broad SMARTS) is 1. The number of benzene rings is 2. The second kappa shape index (κ2) is 6.32. The van der Waals surface area contributed by atoms with Crippen molar-refractivity contribution in [3.05, 3.63) is 57.7 Å². The van der Waals surface area contributed by atoms with Crippen LogP contribution in [0, 0.1) is 6.92 Å². The van der Waals surface area contributed by atoms with Gasteiger partial charge in [0, 0.05) is 5.56 Å². The summed E-state index contributed by atoms with van der Waals surface area (Å²) in [7, 11) is 2.97. The third kappa shape index (κ3) is 2.71. The van der Waals surface area contributed by atoms with Crippen molar-refractivity contribution in [1.82, 2.24) is 0 Å². The van der Waals surface area contributed by atoms with Crippen molar-refractivity contribution < 1.29 is 23.8 Å². The third-order valence-corrected chi connectivity index (χ3v) is 3.97. The van der Waals surface area contributed by atoms with Crippen LogP contribution in [0.4, 0.5) is 0 Å². The number of hydrogen-bond donors (Lipinski definition) is 1. The van der Waals surface area contributed by atoms with Crippen LogP contribution in [-0.4, -0.2) is 25.3 Å². The van der Waals surface area contributed by atoms with Crippen molar-refractivity contribution in [2.75, 3.05) is 14.2 Å². The first kappa shape index (κ1) is 16.6. The fraction of sp³-hybridized carbons (Fsp3) is 0.158. The summed E-state index contributed by atoms with van der Waals surface area (Å²) in [4.78, 5) is 24.4. The SMILES string of the molecule is COc1ccc(-c2oc3c(C)cccc3c(=O)c2C(=O)O)cc1OC. The van der Waals surface area contributed by atoms with Crippen LogP contribution >= 0.6 is 0 Å². The molecule has 1 aromatic heterocycles. The average Bonchev–Trinajstić information content (AvgIpc) is 2.61. The third-order valence-electron chi connectivity index (χ3n) is 3.97. The van der Waals surface area contributed by atoms with E-state index in [0.29, 0.717) is 22.6 Å². The predicted octanol–water partition coefficient (Wildman–Crippen LogP) is 3.48. The van der Waals surface area contributed by atoms with E-state index in [1.807, 2.05) is 0 Å². The molecule has 0 spiro atoms. The minimum Gasteiger partial charge on any atom is -0.493 e. The van der Waals surface area contributed by atoms with E-state index in [0.717, 1.165) is 5.56 Å². The predicted molar refractivity (Wildman–Crippen MR) is 92.7 cm³/mol. The standard InChI is InChI=1S/C19H16O6/c1-10-5-4-6-12-16(20)15(19(21)22)18(25-17(10)12)11-7-8-13(23-2)14(9-11)24-3/h4-9H,1-3H3,(H,21,22). The summed E-state index contributed by atoms with van der Waals surface area (Å²) in [6, 6.07) is 9.87. The topological polar surface area (TPSA) is 86.0 Å². The van der Waals surface area contributed by atoms with Gasteiger partial charge in [-0.2, -0.15) is 0 Å². The molecule has 128 valence electrons. The van der Waals surface area contributed by atoms with Gasteiger partial charge in [0.25, 0.3) is 0 Å². The second-order valence-electron chi connectivity index (χ2n) is 5.46. The highest BCUT2D eigenvalue weighted by molar-refractivity contribution is 5.98. The lowest BCUT2D eigenvalue weighted by atomic mass is 10.0. The first-order valence-electron chi connectivity index (χ1n) is 7.50. The number of para-hydroxylation sites is 1. The van der Waals surface area contributed by atoms with E-state index < -0.39 is 17.0 Å². The first-order chi connectivity index (χ1) is 12.0. The Hall–Kier alpha value is -3.28. The summed E-state index contributed by atoms with van der Waals surface area (Å²) in [5.41, 5.74) is 0.528. The Balaban J connectivity index is 2.39. The van der Waals surface area contributed by atoms with Gasteiger partial charge in [0.2, 0.25) is 5.43 Å². The van der Waals surface area contributed by atoms with Crippen LogP contribution in [0.1, 0.15) is 15.9 Å². The summed E-state index contributed by atoms with van der Waals surface area (Å²) in [5, 5.41) is 9.79. The number of rotatable bonds is 4. The molecule has 0 aliphatic rings. The van der Waals surface area contributed by atoms with Gasteiger partial charge >= 0.3 is 5.97 Å². The molecular weight excluding hydrogens is 324 g/mol. The first-order valence-corrected chi connectivity index (χ1v) is 7.50. The fourth-order valence-electron chi connectivity index (χ4n) is 2.73. The Kier molecular flexibility index (Phi) is 4.19. The van der Waals surface area contributed by atoms with Gasteiger partial charge in [-0.15, -0.1) is 0 Å². The van der Waals surface area contributed by atoms with Crippen molar-refractivity contribution in [3.63, 3.8) is 0 Å². The molecular formula is C19H16O6. The molecule has 0 atom stereocenters. The van der Waals surface area contributed by atoms with Crippen LogP contribution in [-0.2, 0) is 0 Å². The molecule has 6 nitrogen and oxygen atoms in total. The Morgan fingerprint density at radius 1 is 1.08 bits per heavy atom. The summed E-state index contributed by atoms with van der Waals surface area (Å²) < 4.78 is 16.3. The molecule has 0 aliphatic heterocycles. The lowest BCUT2D eigenvalue weighted by molar-refractivity contribution is 0.0694. The quantitative estimate of drug-likeness (QED) is 0.782. The van der Waals surface area contributed by atoms with Gasteiger partial charge in [-0.05, 0) is 36.8 Å². The molecule has 0 unspecified atom stereocenters. The molecule has 0 saturated carbocycles. The van der Waals surface area contributed by atoms with E-state index in [-0.39, 0.29) is 11.1 Å². The molecule has 25 heavy (non-hydrogen) atoms. The van der Waals surface area contributed by atoms with E-state index in [2.05, 4.69) is 0 Å². The van der Waals surface area contributed by atoms with E-state index in [1.54, 1.807) is 43.3 Å². The van der Waals surface area contributed by atoms with E-state index >= 15 is 0 Å². The van der Waals surface area contributed by atoms with Crippen LogP contribution in [0.3, 0.4) is 0 Å². The van der Waals surface area contributed by atoms with Gasteiger partial charge in [-0.25, -0.2) is 4.79 Å². The Bertz CT molecular complexity index is 1030. The van der Waals surface area contributed by atoms with Crippen molar-refractivity contribution >= 4 is 16.9 Å². The van der Waals surface area contributed by atoms with Crippen LogP contribution in [0.15, 0.2) is 45.6 Å². The number of hydrogen-bond acceptors (Lipinski definition) is 5. The highest BCUT2D eigenvalue weighted by atomic mass is 16.5. The Morgan fingerprint density at radius 2 is 1.80 bits per heavy atom. The zero-order valence-corrected chi connectivity index (χ0v) is 14.0. The van der Waals surface area contributed by atoms with E-state index in [1.165, 1.54) is 14.2 Å². The summed E-state index contributed by atoms with van der Waals surface area (Å²) >= 11 is 0. The number of carboxylic acids is 1. The van der Waals surface area contributed by atoms with Crippen molar-refractivity contribution in [2.45, 2.75) is 6.92 Å².